The number of rotatable bonds is 11. The number of fused-ring (bicyclic) bond motifs is 1. The van der Waals surface area contributed by atoms with Crippen molar-refractivity contribution in [2.45, 2.75) is 39.2 Å². The Kier molecular flexibility index (Phi) is 7.72. The van der Waals surface area contributed by atoms with Crippen molar-refractivity contribution in [2.24, 2.45) is 5.92 Å². The molecule has 3 rings (SSSR count). The van der Waals surface area contributed by atoms with E-state index < -0.39 is 11.9 Å². The van der Waals surface area contributed by atoms with E-state index >= 15 is 0 Å². The van der Waals surface area contributed by atoms with Crippen LogP contribution in [-0.2, 0) is 16.1 Å². The molecule has 0 aliphatic heterocycles. The number of Topliss-reactive ketones (excluding diaryl/α,β-unsaturated/α-hetero) is 2. The number of carbonyl (C=O) groups excluding carboxylic acids is 2. The highest BCUT2D eigenvalue weighted by Gasteiger charge is 2.22. The first kappa shape index (κ1) is 24.6. The van der Waals surface area contributed by atoms with Gasteiger partial charge in [0.1, 0.15) is 17.1 Å². The van der Waals surface area contributed by atoms with Gasteiger partial charge in [0.15, 0.2) is 11.6 Å². The molecule has 34 heavy (non-hydrogen) atoms. The molecule has 10 nitrogen and oxygen atoms in total. The van der Waals surface area contributed by atoms with Crippen molar-refractivity contribution in [3.05, 3.63) is 47.8 Å². The summed E-state index contributed by atoms with van der Waals surface area (Å²) in [5.74, 6) is -1.34. The number of carbonyl (C=O) groups is 3. The van der Waals surface area contributed by atoms with Crippen molar-refractivity contribution in [3.63, 3.8) is 0 Å². The van der Waals surface area contributed by atoms with Crippen LogP contribution in [-0.4, -0.2) is 44.6 Å². The molecule has 178 valence electrons. The average Bonchev–Trinajstić information content (AvgIpc) is 2.81. The van der Waals surface area contributed by atoms with Gasteiger partial charge in [0.05, 0.1) is 24.0 Å². The summed E-state index contributed by atoms with van der Waals surface area (Å²) >= 11 is 0. The topological polar surface area (TPSA) is 165 Å². The molecule has 10 heteroatoms. The van der Waals surface area contributed by atoms with Gasteiger partial charge in [0.25, 0.3) is 0 Å². The maximum absolute atomic E-state index is 12.7. The van der Waals surface area contributed by atoms with Crippen molar-refractivity contribution in [1.29, 1.82) is 0 Å². The molecule has 0 radical (unpaired) electrons. The molecular weight excluding hydrogens is 436 g/mol. The van der Waals surface area contributed by atoms with Crippen LogP contribution in [0.5, 0.6) is 0 Å². The number of aliphatic carboxylic acids is 1. The zero-order valence-corrected chi connectivity index (χ0v) is 19.2. The van der Waals surface area contributed by atoms with E-state index in [9.17, 15) is 14.4 Å². The first-order valence-corrected chi connectivity index (χ1v) is 10.9. The number of nitrogens with two attached hydrogens (primary N) is 2. The molecule has 0 saturated heterocycles. The lowest BCUT2D eigenvalue weighted by atomic mass is 9.89. The minimum absolute atomic E-state index is 0.00178. The van der Waals surface area contributed by atoms with E-state index in [1.54, 1.807) is 31.3 Å². The predicted octanol–water partition coefficient (Wildman–Crippen LogP) is 2.86. The fourth-order valence-electron chi connectivity index (χ4n) is 3.71. The number of aromatic nitrogens is 3. The molecule has 0 aliphatic rings. The number of nitrogen functional groups attached to an aromatic ring is 2. The van der Waals surface area contributed by atoms with E-state index in [1.807, 2.05) is 24.1 Å². The molecule has 0 amide bonds. The largest absolute Gasteiger partial charge is 0.481 e. The first-order chi connectivity index (χ1) is 16.2. The van der Waals surface area contributed by atoms with Gasteiger partial charge in [-0.3, -0.25) is 19.4 Å². The molecule has 3 aromatic rings. The summed E-state index contributed by atoms with van der Waals surface area (Å²) in [6, 6.07) is 8.64. The lowest BCUT2D eigenvalue weighted by molar-refractivity contribution is -0.137. The first-order valence-electron chi connectivity index (χ1n) is 10.9. The van der Waals surface area contributed by atoms with Crippen molar-refractivity contribution >= 4 is 45.9 Å². The number of ketones is 2. The zero-order valence-electron chi connectivity index (χ0n) is 19.2. The van der Waals surface area contributed by atoms with Gasteiger partial charge in [-0.25, -0.2) is 9.97 Å². The van der Waals surface area contributed by atoms with Crippen molar-refractivity contribution < 1.29 is 19.5 Å². The Morgan fingerprint density at radius 2 is 1.82 bits per heavy atom. The molecule has 2 heterocycles. The number of nitrogens with zero attached hydrogens (tertiary/aromatic N) is 4. The summed E-state index contributed by atoms with van der Waals surface area (Å²) in [4.78, 5) is 50.6. The van der Waals surface area contributed by atoms with Gasteiger partial charge in [-0.05, 0) is 30.7 Å². The summed E-state index contributed by atoms with van der Waals surface area (Å²) in [7, 11) is 1.88. The predicted molar refractivity (Wildman–Crippen MR) is 129 cm³/mol. The van der Waals surface area contributed by atoms with Gasteiger partial charge < -0.3 is 21.5 Å². The molecular formula is C24H28N6O4. The van der Waals surface area contributed by atoms with E-state index in [0.29, 0.717) is 28.8 Å². The third-order valence-electron chi connectivity index (χ3n) is 5.60. The van der Waals surface area contributed by atoms with Crippen LogP contribution >= 0.6 is 0 Å². The molecule has 0 unspecified atom stereocenters. The van der Waals surface area contributed by atoms with Crippen molar-refractivity contribution in [3.8, 4) is 0 Å². The van der Waals surface area contributed by atoms with E-state index in [2.05, 4.69) is 15.0 Å². The maximum Gasteiger partial charge on any atom is 0.303 e. The van der Waals surface area contributed by atoms with Gasteiger partial charge in [-0.15, -0.1) is 0 Å². The van der Waals surface area contributed by atoms with Crippen LogP contribution in [0.15, 0.2) is 36.5 Å². The Morgan fingerprint density at radius 3 is 2.47 bits per heavy atom. The van der Waals surface area contributed by atoms with Crippen LogP contribution in [0.3, 0.4) is 0 Å². The highest BCUT2D eigenvalue weighted by Crippen LogP contribution is 2.22. The quantitative estimate of drug-likeness (QED) is 0.359. The normalized spacial score (nSPS) is 11.8. The Hall–Kier alpha value is -4.08. The lowest BCUT2D eigenvalue weighted by Gasteiger charge is -2.19. The number of hydrogen-bond acceptors (Lipinski definition) is 9. The molecule has 5 N–H and O–H groups in total. The van der Waals surface area contributed by atoms with Gasteiger partial charge in [0, 0.05) is 49.5 Å². The summed E-state index contributed by atoms with van der Waals surface area (Å²) < 4.78 is 0. The fourth-order valence-corrected chi connectivity index (χ4v) is 3.71. The van der Waals surface area contributed by atoms with Gasteiger partial charge in [-0.1, -0.05) is 6.92 Å². The van der Waals surface area contributed by atoms with Crippen LogP contribution in [0.2, 0.25) is 0 Å². The average molecular weight is 465 g/mol. The lowest BCUT2D eigenvalue weighted by Crippen LogP contribution is -2.20. The smallest absolute Gasteiger partial charge is 0.303 e. The molecule has 0 saturated carbocycles. The molecule has 1 atom stereocenters. The van der Waals surface area contributed by atoms with E-state index in [1.165, 1.54) is 0 Å². The molecule has 0 spiro atoms. The monoisotopic (exact) mass is 464 g/mol. The van der Waals surface area contributed by atoms with Gasteiger partial charge in [-0.2, -0.15) is 0 Å². The number of benzene rings is 1. The standard InChI is InChI=1S/C24H28N6O4/c1-3-19(31)15(6-9-22(33)34)10-20(32)14-4-7-17(8-5-14)30(2)13-16-12-27-18-11-21(25)29-24(26)23(18)28-16/h4-5,7-8,11-12,15H,3,6,9-10,13H2,1-2H3,(H,33,34)(H4,25,26,29)/t15-/m1/s1. The Labute approximate surface area is 197 Å². The number of anilines is 3. The third-order valence-corrected chi connectivity index (χ3v) is 5.60. The summed E-state index contributed by atoms with van der Waals surface area (Å²) in [6.07, 6.45) is 1.95. The highest BCUT2D eigenvalue weighted by molar-refractivity contribution is 5.99. The summed E-state index contributed by atoms with van der Waals surface area (Å²) in [5, 5.41) is 8.91. The number of carboxylic acid groups (broad SMARTS) is 1. The van der Waals surface area contributed by atoms with Crippen LogP contribution in [0.4, 0.5) is 17.3 Å². The molecule has 0 aliphatic carbocycles. The second-order valence-electron chi connectivity index (χ2n) is 8.14. The van der Waals surface area contributed by atoms with Crippen LogP contribution in [0.25, 0.3) is 11.0 Å². The van der Waals surface area contributed by atoms with Crippen molar-refractivity contribution in [2.75, 3.05) is 23.4 Å². The fraction of sp³-hybridized carbons (Fsp3) is 0.333. The number of hydrogen-bond donors (Lipinski definition) is 3. The Morgan fingerprint density at radius 1 is 1.12 bits per heavy atom. The van der Waals surface area contributed by atoms with Crippen LogP contribution in [0.1, 0.15) is 48.7 Å². The van der Waals surface area contributed by atoms with E-state index in [-0.39, 0.29) is 48.9 Å². The molecule has 0 fully saturated rings. The van der Waals surface area contributed by atoms with Crippen LogP contribution < -0.4 is 16.4 Å². The van der Waals surface area contributed by atoms with Crippen molar-refractivity contribution in [1.82, 2.24) is 15.0 Å². The SMILES string of the molecule is CCC(=O)[C@H](CCC(=O)O)CC(=O)c1ccc(N(C)Cc2cnc3cc(N)nc(N)c3n2)cc1. The van der Waals surface area contributed by atoms with E-state index in [0.717, 1.165) is 5.69 Å². The Bertz CT molecular complexity index is 1210. The number of carboxylic acids is 1. The van der Waals surface area contributed by atoms with Gasteiger partial charge >= 0.3 is 5.97 Å². The Balaban J connectivity index is 1.68. The second-order valence-corrected chi connectivity index (χ2v) is 8.14. The minimum atomic E-state index is -0.979. The second kappa shape index (κ2) is 10.7. The molecule has 0 bridgehead atoms. The maximum atomic E-state index is 12.7. The minimum Gasteiger partial charge on any atom is -0.481 e. The number of pyridine rings is 1. The summed E-state index contributed by atoms with van der Waals surface area (Å²) in [5.41, 5.74) is 14.7. The molecule has 1 aromatic carbocycles. The highest BCUT2D eigenvalue weighted by atomic mass is 16.4. The zero-order chi connectivity index (χ0) is 24.8. The molecule has 2 aromatic heterocycles. The van der Waals surface area contributed by atoms with E-state index in [4.69, 9.17) is 16.6 Å². The van der Waals surface area contributed by atoms with Crippen LogP contribution in [0, 0.1) is 5.92 Å². The summed E-state index contributed by atoms with van der Waals surface area (Å²) in [6.45, 7) is 2.16. The van der Waals surface area contributed by atoms with Gasteiger partial charge in [0.2, 0.25) is 0 Å². The third kappa shape index (κ3) is 6.03.